The molecule has 6 nitrogen and oxygen atoms in total. The van der Waals surface area contributed by atoms with E-state index in [2.05, 4.69) is 10.2 Å². The van der Waals surface area contributed by atoms with Gasteiger partial charge in [0.05, 0.1) is 12.3 Å². The van der Waals surface area contributed by atoms with Crippen LogP contribution in [0.2, 0.25) is 0 Å². The maximum Gasteiger partial charge on any atom is 0.246 e. The van der Waals surface area contributed by atoms with Crippen molar-refractivity contribution < 1.29 is 13.5 Å². The first-order chi connectivity index (χ1) is 6.60. The van der Waals surface area contributed by atoms with E-state index in [1.807, 2.05) is 0 Å². The third-order valence-electron chi connectivity index (χ3n) is 2.24. The highest BCUT2D eigenvalue weighted by Crippen LogP contribution is 2.19. The molecule has 2 N–H and O–H groups in total. The molecule has 0 aliphatic carbocycles. The van der Waals surface area contributed by atoms with Gasteiger partial charge in [0.15, 0.2) is 0 Å². The predicted molar refractivity (Wildman–Crippen MR) is 48.0 cm³/mol. The number of H-pyrrole nitrogens is 1. The molecular weight excluding hydrogens is 206 g/mol. The Kier molecular flexibility index (Phi) is 2.30. The first kappa shape index (κ1) is 9.63. The van der Waals surface area contributed by atoms with Crippen LogP contribution in [0.15, 0.2) is 17.3 Å². The zero-order valence-electron chi connectivity index (χ0n) is 7.42. The number of nitrogens with one attached hydrogen (secondary N) is 1. The highest BCUT2D eigenvalue weighted by molar-refractivity contribution is 7.89. The van der Waals surface area contributed by atoms with Crippen molar-refractivity contribution in [2.45, 2.75) is 17.4 Å². The summed E-state index contributed by atoms with van der Waals surface area (Å²) >= 11 is 0. The van der Waals surface area contributed by atoms with Gasteiger partial charge in [-0.1, -0.05) is 0 Å². The number of aromatic nitrogens is 2. The molecule has 0 spiro atoms. The Bertz CT molecular complexity index is 400. The lowest BCUT2D eigenvalue weighted by molar-refractivity contribution is 0.189. The van der Waals surface area contributed by atoms with Crippen molar-refractivity contribution in [3.8, 4) is 0 Å². The highest BCUT2D eigenvalue weighted by Gasteiger charge is 2.31. The fraction of sp³-hybridized carbons (Fsp3) is 0.571. The Morgan fingerprint density at radius 3 is 2.93 bits per heavy atom. The molecule has 1 aliphatic rings. The summed E-state index contributed by atoms with van der Waals surface area (Å²) in [5, 5.41) is 15.3. The predicted octanol–water partition coefficient (Wildman–Crippen LogP) is -0.835. The Morgan fingerprint density at radius 2 is 2.43 bits per heavy atom. The normalized spacial score (nSPS) is 24.2. The van der Waals surface area contributed by atoms with Gasteiger partial charge >= 0.3 is 0 Å². The molecule has 1 aromatic rings. The molecule has 1 aromatic heterocycles. The van der Waals surface area contributed by atoms with Crippen LogP contribution in [0.1, 0.15) is 6.42 Å². The number of aliphatic hydroxyl groups excluding tert-OH is 1. The van der Waals surface area contributed by atoms with Crippen molar-refractivity contribution in [2.75, 3.05) is 13.1 Å². The molecule has 1 aliphatic heterocycles. The van der Waals surface area contributed by atoms with Crippen molar-refractivity contribution in [3.63, 3.8) is 0 Å². The van der Waals surface area contributed by atoms with Gasteiger partial charge < -0.3 is 5.11 Å². The Labute approximate surface area is 81.6 Å². The lowest BCUT2D eigenvalue weighted by Gasteiger charge is -2.13. The van der Waals surface area contributed by atoms with Gasteiger partial charge in [0, 0.05) is 19.3 Å². The van der Waals surface area contributed by atoms with Crippen LogP contribution in [0.5, 0.6) is 0 Å². The summed E-state index contributed by atoms with van der Waals surface area (Å²) in [6.07, 6.45) is 2.55. The molecule has 0 amide bonds. The molecule has 2 rings (SSSR count). The summed E-state index contributed by atoms with van der Waals surface area (Å²) in [5.74, 6) is 0. The molecule has 1 saturated heterocycles. The summed E-state index contributed by atoms with van der Waals surface area (Å²) < 4.78 is 24.9. The van der Waals surface area contributed by atoms with Crippen LogP contribution in [-0.4, -0.2) is 47.2 Å². The number of rotatable bonds is 2. The van der Waals surface area contributed by atoms with Gasteiger partial charge in [0.25, 0.3) is 0 Å². The van der Waals surface area contributed by atoms with E-state index in [1.54, 1.807) is 0 Å². The van der Waals surface area contributed by atoms with Gasteiger partial charge in [0.2, 0.25) is 10.0 Å². The third-order valence-corrected chi connectivity index (χ3v) is 4.07. The Balaban J connectivity index is 2.26. The molecule has 1 atom stereocenters. The van der Waals surface area contributed by atoms with E-state index >= 15 is 0 Å². The lowest BCUT2D eigenvalue weighted by atomic mass is 10.3. The van der Waals surface area contributed by atoms with Gasteiger partial charge in [-0.3, -0.25) is 5.10 Å². The number of aromatic amines is 1. The van der Waals surface area contributed by atoms with E-state index < -0.39 is 16.1 Å². The number of hydrogen-bond acceptors (Lipinski definition) is 4. The van der Waals surface area contributed by atoms with Crippen LogP contribution in [-0.2, 0) is 10.0 Å². The van der Waals surface area contributed by atoms with E-state index in [0.717, 1.165) is 0 Å². The zero-order valence-corrected chi connectivity index (χ0v) is 8.24. The average molecular weight is 217 g/mol. The standard InChI is InChI=1S/C7H11N3O3S/c11-6-1-2-10(5-6)14(12,13)7-3-8-9-4-7/h3-4,6,11H,1-2,5H2,(H,8,9)/t6-/m0/s1. The third kappa shape index (κ3) is 1.54. The molecule has 0 radical (unpaired) electrons. The monoisotopic (exact) mass is 217 g/mol. The SMILES string of the molecule is O=S(=O)(c1cn[nH]c1)N1CC[C@H](O)C1. The Hall–Kier alpha value is -0.920. The summed E-state index contributed by atoms with van der Waals surface area (Å²) in [4.78, 5) is 0.145. The van der Waals surface area contributed by atoms with Crippen LogP contribution < -0.4 is 0 Å². The topological polar surface area (TPSA) is 86.3 Å². The molecule has 78 valence electrons. The largest absolute Gasteiger partial charge is 0.392 e. The molecule has 14 heavy (non-hydrogen) atoms. The first-order valence-corrected chi connectivity index (χ1v) is 5.72. The van der Waals surface area contributed by atoms with E-state index in [1.165, 1.54) is 16.7 Å². The first-order valence-electron chi connectivity index (χ1n) is 4.28. The van der Waals surface area contributed by atoms with E-state index in [-0.39, 0.29) is 11.4 Å². The van der Waals surface area contributed by atoms with Gasteiger partial charge in [-0.2, -0.15) is 9.40 Å². The molecule has 1 fully saturated rings. The highest BCUT2D eigenvalue weighted by atomic mass is 32.2. The molecule has 0 aromatic carbocycles. The minimum absolute atomic E-state index is 0.145. The molecule has 2 heterocycles. The van der Waals surface area contributed by atoms with E-state index in [4.69, 9.17) is 0 Å². The zero-order chi connectivity index (χ0) is 10.2. The number of aliphatic hydroxyl groups is 1. The molecule has 7 heteroatoms. The Morgan fingerprint density at radius 1 is 1.64 bits per heavy atom. The average Bonchev–Trinajstić information content (AvgIpc) is 2.72. The van der Waals surface area contributed by atoms with Gasteiger partial charge in [0.1, 0.15) is 4.90 Å². The van der Waals surface area contributed by atoms with Crippen LogP contribution in [0.3, 0.4) is 0 Å². The van der Waals surface area contributed by atoms with Crippen molar-refractivity contribution in [3.05, 3.63) is 12.4 Å². The minimum Gasteiger partial charge on any atom is -0.392 e. The quantitative estimate of drug-likeness (QED) is 0.676. The number of sulfonamides is 1. The lowest BCUT2D eigenvalue weighted by Crippen LogP contribution is -2.29. The van der Waals surface area contributed by atoms with Gasteiger partial charge in [-0.05, 0) is 6.42 Å². The molecular formula is C7H11N3O3S. The van der Waals surface area contributed by atoms with Crippen molar-refractivity contribution in [2.24, 2.45) is 0 Å². The molecule has 0 saturated carbocycles. The van der Waals surface area contributed by atoms with Crippen LogP contribution >= 0.6 is 0 Å². The maximum atomic E-state index is 11.8. The summed E-state index contributed by atoms with van der Waals surface area (Å²) in [7, 11) is -3.45. The summed E-state index contributed by atoms with van der Waals surface area (Å²) in [6.45, 7) is 0.544. The second-order valence-electron chi connectivity index (χ2n) is 3.24. The molecule has 0 unspecified atom stereocenters. The second-order valence-corrected chi connectivity index (χ2v) is 5.18. The fourth-order valence-electron chi connectivity index (χ4n) is 1.46. The number of β-amino-alcohol motifs (C(OH)–C–C–N with tert-alkyl or cyclic N) is 1. The molecule has 0 bridgehead atoms. The van der Waals surface area contributed by atoms with Crippen LogP contribution in [0, 0.1) is 0 Å². The minimum atomic E-state index is -3.45. The van der Waals surface area contributed by atoms with Crippen molar-refractivity contribution in [1.29, 1.82) is 0 Å². The van der Waals surface area contributed by atoms with E-state index in [9.17, 15) is 13.5 Å². The maximum absolute atomic E-state index is 11.8. The van der Waals surface area contributed by atoms with Gasteiger partial charge in [-0.25, -0.2) is 8.42 Å². The smallest absolute Gasteiger partial charge is 0.246 e. The van der Waals surface area contributed by atoms with Crippen molar-refractivity contribution in [1.82, 2.24) is 14.5 Å². The van der Waals surface area contributed by atoms with Crippen LogP contribution in [0.25, 0.3) is 0 Å². The second kappa shape index (κ2) is 3.34. The summed E-state index contributed by atoms with van der Waals surface area (Å²) in [6, 6.07) is 0. The number of hydrogen-bond donors (Lipinski definition) is 2. The van der Waals surface area contributed by atoms with E-state index in [0.29, 0.717) is 13.0 Å². The number of nitrogens with zero attached hydrogens (tertiary/aromatic N) is 2. The van der Waals surface area contributed by atoms with Gasteiger partial charge in [-0.15, -0.1) is 0 Å². The van der Waals surface area contributed by atoms with Crippen molar-refractivity contribution >= 4 is 10.0 Å². The van der Waals surface area contributed by atoms with Crippen LogP contribution in [0.4, 0.5) is 0 Å². The fourth-order valence-corrected chi connectivity index (χ4v) is 2.86. The summed E-state index contributed by atoms with van der Waals surface area (Å²) in [5.41, 5.74) is 0.